The van der Waals surface area contributed by atoms with Crippen LogP contribution in [0.2, 0.25) is 0 Å². The van der Waals surface area contributed by atoms with Crippen LogP contribution < -0.4 is 5.32 Å². The Morgan fingerprint density at radius 2 is 2.11 bits per heavy atom. The smallest absolute Gasteiger partial charge is 0.213 e. The second kappa shape index (κ2) is 5.64. The van der Waals surface area contributed by atoms with Crippen molar-refractivity contribution < 1.29 is 4.52 Å². The van der Waals surface area contributed by atoms with Crippen LogP contribution in [0.4, 0.5) is 5.82 Å². The van der Waals surface area contributed by atoms with Gasteiger partial charge in [0, 0.05) is 24.4 Å². The number of anilines is 1. The fourth-order valence-corrected chi connectivity index (χ4v) is 1.83. The summed E-state index contributed by atoms with van der Waals surface area (Å²) in [5, 5.41) is 6.99. The first-order valence-electron chi connectivity index (χ1n) is 5.99. The zero-order chi connectivity index (χ0) is 13.9. The maximum absolute atomic E-state index is 4.68. The molecule has 0 fully saturated rings. The van der Waals surface area contributed by atoms with E-state index in [0.29, 0.717) is 18.8 Å². The van der Waals surface area contributed by atoms with Gasteiger partial charge in [-0.15, -0.1) is 0 Å². The molecule has 0 atom stereocenters. The van der Waals surface area contributed by atoms with Gasteiger partial charge in [-0.25, -0.2) is 9.97 Å². The fraction of sp³-hybridized carbons (Fsp3) is 0.500. The van der Waals surface area contributed by atoms with E-state index >= 15 is 0 Å². The van der Waals surface area contributed by atoms with Crippen LogP contribution in [0.15, 0.2) is 21.6 Å². The van der Waals surface area contributed by atoms with Crippen molar-refractivity contribution in [1.29, 1.82) is 0 Å². The Balaban J connectivity index is 2.02. The number of halogens is 1. The van der Waals surface area contributed by atoms with E-state index in [9.17, 15) is 0 Å². The monoisotopic (exact) mass is 325 g/mol. The molecule has 0 aliphatic carbocycles. The molecule has 0 spiro atoms. The first-order chi connectivity index (χ1) is 8.95. The maximum atomic E-state index is 4.68. The molecule has 19 heavy (non-hydrogen) atoms. The lowest BCUT2D eigenvalue weighted by atomic mass is 9.96. The van der Waals surface area contributed by atoms with Crippen molar-refractivity contribution in [2.75, 3.05) is 11.9 Å². The molecule has 0 aliphatic rings. The summed E-state index contributed by atoms with van der Waals surface area (Å²) in [6.45, 7) is 6.93. The molecule has 2 rings (SSSR count). The molecule has 2 aromatic heterocycles. The van der Waals surface area contributed by atoms with Crippen molar-refractivity contribution in [2.45, 2.75) is 32.6 Å². The summed E-state index contributed by atoms with van der Waals surface area (Å²) in [6.07, 6.45) is 2.01. The minimum Gasteiger partial charge on any atom is -0.369 e. The summed E-state index contributed by atoms with van der Waals surface area (Å²) in [7, 11) is 0. The van der Waals surface area contributed by atoms with E-state index in [2.05, 4.69) is 66.6 Å². The molecule has 0 radical (unpaired) electrons. The van der Waals surface area contributed by atoms with Gasteiger partial charge >= 0.3 is 0 Å². The molecule has 1 N–H and O–H groups in total. The first-order valence-corrected chi connectivity index (χ1v) is 6.78. The molecule has 0 aliphatic heterocycles. The second-order valence-corrected chi connectivity index (χ2v) is 5.99. The van der Waals surface area contributed by atoms with Gasteiger partial charge in [0.15, 0.2) is 5.82 Å². The summed E-state index contributed by atoms with van der Waals surface area (Å²) in [5.74, 6) is 2.26. The van der Waals surface area contributed by atoms with Gasteiger partial charge in [0.2, 0.25) is 6.39 Å². The van der Waals surface area contributed by atoms with Crippen LogP contribution in [-0.2, 0) is 11.8 Å². The summed E-state index contributed by atoms with van der Waals surface area (Å²) in [6, 6.07) is 1.85. The van der Waals surface area contributed by atoms with Gasteiger partial charge in [0.25, 0.3) is 0 Å². The SMILES string of the molecule is CC(C)(C)c1nc(Br)cc(NCCc2ncon2)n1. The van der Waals surface area contributed by atoms with E-state index in [-0.39, 0.29) is 5.41 Å². The van der Waals surface area contributed by atoms with Gasteiger partial charge in [-0.3, -0.25) is 0 Å². The predicted octanol–water partition coefficient (Wildman–Crippen LogP) is 2.57. The molecule has 0 amide bonds. The minimum absolute atomic E-state index is 0.0894. The Bertz CT molecular complexity index is 536. The van der Waals surface area contributed by atoms with Crippen molar-refractivity contribution in [1.82, 2.24) is 20.1 Å². The number of aromatic nitrogens is 4. The Hall–Kier alpha value is -1.50. The number of rotatable bonds is 4. The van der Waals surface area contributed by atoms with Gasteiger partial charge in [-0.1, -0.05) is 25.9 Å². The van der Waals surface area contributed by atoms with Crippen LogP contribution in [0.1, 0.15) is 32.4 Å². The molecule has 2 heterocycles. The van der Waals surface area contributed by atoms with Gasteiger partial charge < -0.3 is 9.84 Å². The number of nitrogens with one attached hydrogen (secondary N) is 1. The average molecular weight is 326 g/mol. The normalized spacial score (nSPS) is 11.6. The van der Waals surface area contributed by atoms with Crippen LogP contribution in [0.25, 0.3) is 0 Å². The average Bonchev–Trinajstić information content (AvgIpc) is 2.80. The molecule has 6 nitrogen and oxygen atoms in total. The highest BCUT2D eigenvalue weighted by atomic mass is 79.9. The molecule has 7 heteroatoms. The van der Waals surface area contributed by atoms with Crippen molar-refractivity contribution in [3.63, 3.8) is 0 Å². The largest absolute Gasteiger partial charge is 0.369 e. The molecule has 0 bridgehead atoms. The molecule has 0 saturated carbocycles. The summed E-state index contributed by atoms with van der Waals surface area (Å²) >= 11 is 3.41. The molecular weight excluding hydrogens is 310 g/mol. The highest BCUT2D eigenvalue weighted by molar-refractivity contribution is 9.10. The van der Waals surface area contributed by atoms with Crippen molar-refractivity contribution in [2.24, 2.45) is 0 Å². The first kappa shape index (κ1) is 13.9. The van der Waals surface area contributed by atoms with Crippen molar-refractivity contribution >= 4 is 21.7 Å². The van der Waals surface area contributed by atoms with Gasteiger partial charge in [-0.05, 0) is 15.9 Å². The van der Waals surface area contributed by atoms with Gasteiger partial charge in [-0.2, -0.15) is 4.98 Å². The van der Waals surface area contributed by atoms with E-state index in [4.69, 9.17) is 0 Å². The third-order valence-corrected chi connectivity index (χ3v) is 2.83. The zero-order valence-electron chi connectivity index (χ0n) is 11.1. The quantitative estimate of drug-likeness (QED) is 0.870. The molecule has 0 aromatic carbocycles. The van der Waals surface area contributed by atoms with E-state index < -0.39 is 0 Å². The fourth-order valence-electron chi connectivity index (χ4n) is 1.45. The zero-order valence-corrected chi connectivity index (χ0v) is 12.7. The molecule has 0 saturated heterocycles. The third-order valence-electron chi connectivity index (χ3n) is 2.43. The van der Waals surface area contributed by atoms with Crippen LogP contribution in [0.3, 0.4) is 0 Å². The van der Waals surface area contributed by atoms with Crippen LogP contribution in [-0.4, -0.2) is 26.7 Å². The van der Waals surface area contributed by atoms with Crippen LogP contribution >= 0.6 is 15.9 Å². The Morgan fingerprint density at radius 3 is 2.74 bits per heavy atom. The van der Waals surface area contributed by atoms with Crippen molar-refractivity contribution in [3.05, 3.63) is 28.7 Å². The lowest BCUT2D eigenvalue weighted by molar-refractivity contribution is 0.410. The van der Waals surface area contributed by atoms with Crippen molar-refractivity contribution in [3.8, 4) is 0 Å². The Morgan fingerprint density at radius 1 is 1.32 bits per heavy atom. The Labute approximate surface area is 120 Å². The third kappa shape index (κ3) is 3.99. The highest BCUT2D eigenvalue weighted by Crippen LogP contribution is 2.22. The lowest BCUT2D eigenvalue weighted by Crippen LogP contribution is -2.18. The second-order valence-electron chi connectivity index (χ2n) is 5.17. The highest BCUT2D eigenvalue weighted by Gasteiger charge is 2.18. The summed E-state index contributed by atoms with van der Waals surface area (Å²) in [5.41, 5.74) is -0.0894. The molecule has 102 valence electrons. The Kier molecular flexibility index (Phi) is 4.14. The molecular formula is C12H16BrN5O. The van der Waals surface area contributed by atoms with Crippen LogP contribution in [0.5, 0.6) is 0 Å². The minimum atomic E-state index is -0.0894. The summed E-state index contributed by atoms with van der Waals surface area (Å²) < 4.78 is 5.45. The molecule has 2 aromatic rings. The van der Waals surface area contributed by atoms with E-state index in [0.717, 1.165) is 16.2 Å². The van der Waals surface area contributed by atoms with E-state index in [1.54, 1.807) is 0 Å². The van der Waals surface area contributed by atoms with E-state index in [1.165, 1.54) is 6.39 Å². The topological polar surface area (TPSA) is 76.7 Å². The molecule has 0 unspecified atom stereocenters. The van der Waals surface area contributed by atoms with Gasteiger partial charge in [0.05, 0.1) is 0 Å². The lowest BCUT2D eigenvalue weighted by Gasteiger charge is -2.17. The predicted molar refractivity (Wildman–Crippen MR) is 74.9 cm³/mol. The maximum Gasteiger partial charge on any atom is 0.213 e. The number of hydrogen-bond acceptors (Lipinski definition) is 6. The standard InChI is InChI=1S/C12H16BrN5O/c1-12(2,3)11-16-8(13)6-10(17-11)14-5-4-9-15-7-19-18-9/h6-7H,4-5H2,1-3H3,(H,14,16,17). The number of nitrogens with zero attached hydrogens (tertiary/aromatic N) is 4. The van der Waals surface area contributed by atoms with Crippen LogP contribution in [0, 0.1) is 0 Å². The van der Waals surface area contributed by atoms with E-state index in [1.807, 2.05) is 6.07 Å². The summed E-state index contributed by atoms with van der Waals surface area (Å²) in [4.78, 5) is 12.9. The number of hydrogen-bond donors (Lipinski definition) is 1. The van der Waals surface area contributed by atoms with Gasteiger partial charge in [0.1, 0.15) is 16.2 Å².